The number of ether oxygens (including phenoxy) is 1. The van der Waals surface area contributed by atoms with Crippen LogP contribution in [0.25, 0.3) is 0 Å². The number of carbonyl (C=O) groups is 2. The smallest absolute Gasteiger partial charge is 0.320 e. The van der Waals surface area contributed by atoms with E-state index >= 15 is 0 Å². The molecular weight excluding hydrogens is 424 g/mol. The molecule has 0 aliphatic carbocycles. The van der Waals surface area contributed by atoms with Crippen molar-refractivity contribution < 1.29 is 14.3 Å². The molecule has 2 aliphatic heterocycles. The SMILES string of the molecule is C=C1N(C(=O)c2ccccc2)N2CCc3ccccc3[C@@H]2[C@]1(Cc1ccccc1)C(=O)OCC. The Kier molecular flexibility index (Phi) is 5.80. The standard InChI is InChI=1S/C29H28N2O3/c1-3-34-28(33)29(20-22-12-6-4-7-13-22)21(2)31(27(32)24-15-8-5-9-16-24)30-19-18-23-14-10-11-17-25(23)26(29)30/h4-17,26H,2-3,18-20H2,1H3/t26-,29-/m1/s1. The summed E-state index contributed by atoms with van der Waals surface area (Å²) in [6.07, 6.45) is 1.17. The van der Waals surface area contributed by atoms with Crippen molar-refractivity contribution in [2.45, 2.75) is 25.8 Å². The zero-order valence-electron chi connectivity index (χ0n) is 19.3. The molecule has 0 aromatic heterocycles. The van der Waals surface area contributed by atoms with Crippen molar-refractivity contribution in [1.29, 1.82) is 0 Å². The molecule has 1 fully saturated rings. The first-order chi connectivity index (χ1) is 16.6. The van der Waals surface area contributed by atoms with Crippen LogP contribution < -0.4 is 0 Å². The first kappa shape index (κ1) is 22.1. The van der Waals surface area contributed by atoms with Crippen molar-refractivity contribution in [2.24, 2.45) is 5.41 Å². The lowest BCUT2D eigenvalue weighted by molar-refractivity contribution is -0.155. The molecule has 0 unspecified atom stereocenters. The summed E-state index contributed by atoms with van der Waals surface area (Å²) in [7, 11) is 0. The highest BCUT2D eigenvalue weighted by Gasteiger charge is 2.63. The number of amides is 1. The first-order valence-electron chi connectivity index (χ1n) is 11.7. The predicted octanol–water partition coefficient (Wildman–Crippen LogP) is 4.96. The van der Waals surface area contributed by atoms with Gasteiger partial charge in [0.1, 0.15) is 5.41 Å². The fourth-order valence-electron chi connectivity index (χ4n) is 5.41. The third kappa shape index (κ3) is 3.44. The van der Waals surface area contributed by atoms with E-state index in [0.717, 1.165) is 17.5 Å². The fraction of sp³-hybridized carbons (Fsp3) is 0.241. The zero-order chi connectivity index (χ0) is 23.7. The summed E-state index contributed by atoms with van der Waals surface area (Å²) < 4.78 is 5.71. The first-order valence-corrected chi connectivity index (χ1v) is 11.7. The molecule has 2 heterocycles. The summed E-state index contributed by atoms with van der Waals surface area (Å²) in [5, 5.41) is 3.66. The molecule has 0 N–H and O–H groups in total. The van der Waals surface area contributed by atoms with E-state index in [1.807, 2.05) is 72.6 Å². The van der Waals surface area contributed by atoms with E-state index in [9.17, 15) is 9.59 Å². The van der Waals surface area contributed by atoms with E-state index in [-0.39, 0.29) is 18.5 Å². The average molecular weight is 453 g/mol. The predicted molar refractivity (Wildman–Crippen MR) is 131 cm³/mol. The number of fused-ring (bicyclic) bond motifs is 3. The van der Waals surface area contributed by atoms with Gasteiger partial charge in [0, 0.05) is 12.1 Å². The van der Waals surface area contributed by atoms with Crippen molar-refractivity contribution in [1.82, 2.24) is 10.0 Å². The minimum Gasteiger partial charge on any atom is -0.465 e. The van der Waals surface area contributed by atoms with Crippen molar-refractivity contribution in [3.05, 3.63) is 119 Å². The van der Waals surface area contributed by atoms with Crippen LogP contribution in [-0.4, -0.2) is 35.0 Å². The number of hydrogen-bond acceptors (Lipinski definition) is 4. The van der Waals surface area contributed by atoms with Gasteiger partial charge in [-0.2, -0.15) is 0 Å². The summed E-state index contributed by atoms with van der Waals surface area (Å²) in [4.78, 5) is 27.7. The van der Waals surface area contributed by atoms with Crippen LogP contribution >= 0.6 is 0 Å². The van der Waals surface area contributed by atoms with Crippen molar-refractivity contribution in [3.63, 3.8) is 0 Å². The number of rotatable bonds is 5. The van der Waals surface area contributed by atoms with E-state index in [0.29, 0.717) is 24.2 Å². The largest absolute Gasteiger partial charge is 0.465 e. The Morgan fingerprint density at radius 1 is 0.971 bits per heavy atom. The number of nitrogens with zero attached hydrogens (tertiary/aromatic N) is 2. The molecule has 5 rings (SSSR count). The van der Waals surface area contributed by atoms with Crippen molar-refractivity contribution in [3.8, 4) is 0 Å². The Labute approximate surface area is 200 Å². The van der Waals surface area contributed by atoms with Crippen LogP contribution in [0, 0.1) is 5.41 Å². The van der Waals surface area contributed by atoms with Gasteiger partial charge in [-0.05, 0) is 48.6 Å². The molecule has 0 saturated carbocycles. The van der Waals surface area contributed by atoms with Crippen LogP contribution in [0.3, 0.4) is 0 Å². The van der Waals surface area contributed by atoms with Gasteiger partial charge >= 0.3 is 5.97 Å². The lowest BCUT2D eigenvalue weighted by atomic mass is 9.69. The summed E-state index contributed by atoms with van der Waals surface area (Å²) in [5.41, 5.74) is 3.10. The second kappa shape index (κ2) is 8.92. The summed E-state index contributed by atoms with van der Waals surface area (Å²) in [6.45, 7) is 7.07. The lowest BCUT2D eigenvalue weighted by Crippen LogP contribution is -2.46. The van der Waals surface area contributed by atoms with Crippen LogP contribution in [0.15, 0.2) is 97.2 Å². The van der Waals surface area contributed by atoms with Gasteiger partial charge < -0.3 is 4.74 Å². The van der Waals surface area contributed by atoms with Gasteiger partial charge in [0.25, 0.3) is 5.91 Å². The molecule has 5 nitrogen and oxygen atoms in total. The minimum absolute atomic E-state index is 0.186. The highest BCUT2D eigenvalue weighted by atomic mass is 16.5. The van der Waals surface area contributed by atoms with Gasteiger partial charge in [0.15, 0.2) is 0 Å². The number of esters is 1. The molecule has 34 heavy (non-hydrogen) atoms. The summed E-state index contributed by atoms with van der Waals surface area (Å²) >= 11 is 0. The molecule has 172 valence electrons. The molecule has 1 amide bonds. The van der Waals surface area contributed by atoms with E-state index in [4.69, 9.17) is 4.74 Å². The maximum Gasteiger partial charge on any atom is 0.320 e. The average Bonchev–Trinajstić information content (AvgIpc) is 3.13. The molecule has 1 saturated heterocycles. The van der Waals surface area contributed by atoms with E-state index < -0.39 is 11.5 Å². The molecule has 0 bridgehead atoms. The monoisotopic (exact) mass is 452 g/mol. The fourth-order valence-corrected chi connectivity index (χ4v) is 5.41. The Morgan fingerprint density at radius 3 is 2.32 bits per heavy atom. The molecule has 5 heteroatoms. The Morgan fingerprint density at radius 2 is 1.62 bits per heavy atom. The molecule has 3 aromatic rings. The third-order valence-electron chi connectivity index (χ3n) is 6.93. The van der Waals surface area contributed by atoms with Gasteiger partial charge in [0.2, 0.25) is 0 Å². The van der Waals surface area contributed by atoms with E-state index in [1.54, 1.807) is 17.1 Å². The minimum atomic E-state index is -1.14. The molecule has 2 aliphatic rings. The Balaban J connectivity index is 1.71. The van der Waals surface area contributed by atoms with Gasteiger partial charge in [-0.1, -0.05) is 79.4 Å². The normalized spacial score (nSPS) is 21.6. The van der Waals surface area contributed by atoms with Gasteiger partial charge in [-0.25, -0.2) is 10.0 Å². The second-order valence-corrected chi connectivity index (χ2v) is 8.80. The van der Waals surface area contributed by atoms with Crippen LogP contribution in [0.5, 0.6) is 0 Å². The molecule has 3 aromatic carbocycles. The highest BCUT2D eigenvalue weighted by Crippen LogP contribution is 2.57. The summed E-state index contributed by atoms with van der Waals surface area (Å²) in [6, 6.07) is 26.9. The van der Waals surface area contributed by atoms with Crippen molar-refractivity contribution >= 4 is 11.9 Å². The second-order valence-electron chi connectivity index (χ2n) is 8.80. The Hall–Kier alpha value is -3.70. The molecule has 0 spiro atoms. The zero-order valence-corrected chi connectivity index (χ0v) is 19.3. The lowest BCUT2D eigenvalue weighted by Gasteiger charge is -2.39. The number of hydrogen-bond donors (Lipinski definition) is 0. The van der Waals surface area contributed by atoms with E-state index in [2.05, 4.69) is 18.7 Å². The van der Waals surface area contributed by atoms with Crippen molar-refractivity contribution in [2.75, 3.05) is 13.2 Å². The van der Waals surface area contributed by atoms with E-state index in [1.165, 1.54) is 5.56 Å². The molecular formula is C29H28N2O3. The summed E-state index contributed by atoms with van der Waals surface area (Å²) in [5.74, 6) is -0.534. The quantitative estimate of drug-likeness (QED) is 0.514. The number of carbonyl (C=O) groups excluding carboxylic acids is 2. The van der Waals surface area contributed by atoms with Crippen LogP contribution in [0.4, 0.5) is 0 Å². The molecule has 2 atom stereocenters. The van der Waals surface area contributed by atoms with Gasteiger partial charge in [0.05, 0.1) is 18.3 Å². The number of hydrazine groups is 1. The Bertz CT molecular complexity index is 1220. The topological polar surface area (TPSA) is 49.9 Å². The molecule has 0 radical (unpaired) electrons. The van der Waals surface area contributed by atoms with Crippen LogP contribution in [0.1, 0.15) is 40.0 Å². The van der Waals surface area contributed by atoms with Crippen LogP contribution in [-0.2, 0) is 22.4 Å². The maximum atomic E-state index is 13.9. The maximum absolute atomic E-state index is 13.9. The van der Waals surface area contributed by atoms with Gasteiger partial charge in [-0.15, -0.1) is 0 Å². The van der Waals surface area contributed by atoms with Crippen LogP contribution in [0.2, 0.25) is 0 Å². The third-order valence-corrected chi connectivity index (χ3v) is 6.93. The van der Waals surface area contributed by atoms with Gasteiger partial charge in [-0.3, -0.25) is 9.59 Å². The highest BCUT2D eigenvalue weighted by molar-refractivity contribution is 5.97. The number of benzene rings is 3.